The quantitative estimate of drug-likeness (QED) is 0.570. The summed E-state index contributed by atoms with van der Waals surface area (Å²) in [7, 11) is 1.63. The van der Waals surface area contributed by atoms with Crippen LogP contribution in [-0.2, 0) is 6.54 Å². The minimum absolute atomic E-state index is 0. The van der Waals surface area contributed by atoms with E-state index in [1.807, 2.05) is 30.3 Å². The molecule has 1 atom stereocenters. The summed E-state index contributed by atoms with van der Waals surface area (Å²) in [6.45, 7) is 5.92. The molecule has 8 heteroatoms. The first-order valence-electron chi connectivity index (χ1n) is 9.98. The standard InChI is InChI=1S/C22H28N2O5.ClH/c1-26-19-3-5-20(6-4-19)27-15-18(25)14-24-10-8-23(9-11-24)13-17-2-7-21-22(12-17)29-16-28-21;/h2-7,12,18,25H,8-11,13-16H2,1H3;1H/p-1. The van der Waals surface area contributed by atoms with E-state index in [0.717, 1.165) is 55.7 Å². The first-order valence-corrected chi connectivity index (χ1v) is 9.98. The lowest BCUT2D eigenvalue weighted by Crippen LogP contribution is -3.00. The van der Waals surface area contributed by atoms with E-state index in [1.165, 1.54) is 5.56 Å². The van der Waals surface area contributed by atoms with E-state index < -0.39 is 6.10 Å². The number of piperazine rings is 1. The smallest absolute Gasteiger partial charge is 0.231 e. The molecule has 0 amide bonds. The summed E-state index contributed by atoms with van der Waals surface area (Å²) >= 11 is 0. The Morgan fingerprint density at radius 2 is 1.60 bits per heavy atom. The summed E-state index contributed by atoms with van der Waals surface area (Å²) < 4.78 is 21.6. The van der Waals surface area contributed by atoms with Crippen molar-refractivity contribution in [1.82, 2.24) is 9.80 Å². The molecule has 30 heavy (non-hydrogen) atoms. The molecule has 1 unspecified atom stereocenters. The summed E-state index contributed by atoms with van der Waals surface area (Å²) in [6.07, 6.45) is -0.516. The van der Waals surface area contributed by atoms with Crippen LogP contribution in [0.1, 0.15) is 5.56 Å². The van der Waals surface area contributed by atoms with Gasteiger partial charge in [0.1, 0.15) is 24.2 Å². The molecule has 7 nitrogen and oxygen atoms in total. The van der Waals surface area contributed by atoms with Crippen molar-refractivity contribution in [3.05, 3.63) is 48.0 Å². The topological polar surface area (TPSA) is 63.6 Å². The number of aliphatic hydroxyl groups is 1. The van der Waals surface area contributed by atoms with Crippen molar-refractivity contribution >= 4 is 0 Å². The molecule has 0 aliphatic carbocycles. The number of methoxy groups -OCH3 is 1. The fourth-order valence-electron chi connectivity index (χ4n) is 3.64. The lowest BCUT2D eigenvalue weighted by molar-refractivity contribution is -0.0000102. The van der Waals surface area contributed by atoms with Crippen LogP contribution in [0.5, 0.6) is 23.0 Å². The average molecular weight is 436 g/mol. The fraction of sp³-hybridized carbons (Fsp3) is 0.455. The van der Waals surface area contributed by atoms with Gasteiger partial charge in [-0.25, -0.2) is 0 Å². The number of rotatable bonds is 8. The van der Waals surface area contributed by atoms with Gasteiger partial charge >= 0.3 is 0 Å². The molecule has 2 aromatic rings. The van der Waals surface area contributed by atoms with Crippen molar-refractivity contribution in [3.8, 4) is 23.0 Å². The van der Waals surface area contributed by atoms with Gasteiger partial charge in [-0.3, -0.25) is 9.80 Å². The molecule has 2 aliphatic rings. The van der Waals surface area contributed by atoms with E-state index in [9.17, 15) is 5.11 Å². The molecule has 0 radical (unpaired) electrons. The second kappa shape index (κ2) is 10.7. The van der Waals surface area contributed by atoms with Crippen molar-refractivity contribution in [3.63, 3.8) is 0 Å². The Kier molecular flexibility index (Phi) is 8.04. The highest BCUT2D eigenvalue weighted by molar-refractivity contribution is 5.44. The van der Waals surface area contributed by atoms with Gasteiger partial charge in [-0.05, 0) is 42.0 Å². The molecule has 164 valence electrons. The third-order valence-corrected chi connectivity index (χ3v) is 5.28. The predicted molar refractivity (Wildman–Crippen MR) is 109 cm³/mol. The zero-order valence-electron chi connectivity index (χ0n) is 17.1. The lowest BCUT2D eigenvalue weighted by Gasteiger charge is -2.35. The molecular weight excluding hydrogens is 408 g/mol. The van der Waals surface area contributed by atoms with Crippen molar-refractivity contribution in [2.45, 2.75) is 12.6 Å². The Morgan fingerprint density at radius 1 is 0.933 bits per heavy atom. The number of nitrogens with zero attached hydrogens (tertiary/aromatic N) is 2. The second-order valence-electron chi connectivity index (χ2n) is 7.40. The highest BCUT2D eigenvalue weighted by atomic mass is 35.5. The number of halogens is 1. The molecule has 2 heterocycles. The van der Waals surface area contributed by atoms with E-state index in [0.29, 0.717) is 13.3 Å². The maximum Gasteiger partial charge on any atom is 0.231 e. The minimum Gasteiger partial charge on any atom is -1.00 e. The maximum atomic E-state index is 10.3. The number of benzene rings is 2. The zero-order valence-corrected chi connectivity index (χ0v) is 17.9. The summed E-state index contributed by atoms with van der Waals surface area (Å²) in [5.74, 6) is 3.18. The molecule has 2 aromatic carbocycles. The molecule has 0 aromatic heterocycles. The van der Waals surface area contributed by atoms with Crippen LogP contribution >= 0.6 is 0 Å². The monoisotopic (exact) mass is 435 g/mol. The number of β-amino-alcohol motifs (C(OH)–C–C–N with tert-alkyl or cyclic N) is 1. The normalized spacial score (nSPS) is 17.3. The van der Waals surface area contributed by atoms with Crippen LogP contribution in [0.2, 0.25) is 0 Å². The number of fused-ring (bicyclic) bond motifs is 1. The van der Waals surface area contributed by atoms with Crippen LogP contribution in [0.4, 0.5) is 0 Å². The average Bonchev–Trinajstić information content (AvgIpc) is 3.22. The molecular formula is C22H28ClN2O5-. The van der Waals surface area contributed by atoms with Crippen LogP contribution < -0.4 is 31.4 Å². The number of aliphatic hydroxyl groups excluding tert-OH is 1. The van der Waals surface area contributed by atoms with Crippen molar-refractivity contribution < 1.29 is 36.5 Å². The largest absolute Gasteiger partial charge is 1.00 e. The molecule has 4 rings (SSSR count). The third kappa shape index (κ3) is 5.92. The van der Waals surface area contributed by atoms with E-state index in [1.54, 1.807) is 7.11 Å². The van der Waals surface area contributed by atoms with Gasteiger partial charge in [0.2, 0.25) is 6.79 Å². The number of hydrogen-bond donors (Lipinski definition) is 1. The van der Waals surface area contributed by atoms with Gasteiger partial charge in [-0.1, -0.05) is 6.07 Å². The van der Waals surface area contributed by atoms with E-state index in [-0.39, 0.29) is 19.0 Å². The number of hydrogen-bond acceptors (Lipinski definition) is 7. The van der Waals surface area contributed by atoms with Crippen LogP contribution in [0.3, 0.4) is 0 Å². The van der Waals surface area contributed by atoms with E-state index in [2.05, 4.69) is 21.9 Å². The van der Waals surface area contributed by atoms with Gasteiger partial charge in [-0.15, -0.1) is 0 Å². The fourth-order valence-corrected chi connectivity index (χ4v) is 3.64. The molecule has 0 saturated carbocycles. The third-order valence-electron chi connectivity index (χ3n) is 5.28. The Bertz CT molecular complexity index is 797. The molecule has 1 fully saturated rings. The Labute approximate surface area is 183 Å². The molecule has 1 N–H and O–H groups in total. The van der Waals surface area contributed by atoms with E-state index in [4.69, 9.17) is 18.9 Å². The summed E-state index contributed by atoms with van der Waals surface area (Å²) in [6, 6.07) is 13.5. The van der Waals surface area contributed by atoms with Gasteiger partial charge in [0.05, 0.1) is 7.11 Å². The van der Waals surface area contributed by atoms with Crippen LogP contribution in [0.25, 0.3) is 0 Å². The van der Waals surface area contributed by atoms with Crippen molar-refractivity contribution in [2.75, 3.05) is 53.2 Å². The molecule has 0 spiro atoms. The van der Waals surface area contributed by atoms with E-state index >= 15 is 0 Å². The first kappa shape index (κ1) is 22.5. The summed E-state index contributed by atoms with van der Waals surface area (Å²) in [4.78, 5) is 4.71. The van der Waals surface area contributed by atoms with Crippen LogP contribution in [0, 0.1) is 0 Å². The minimum atomic E-state index is -0.516. The van der Waals surface area contributed by atoms with Crippen molar-refractivity contribution in [1.29, 1.82) is 0 Å². The van der Waals surface area contributed by atoms with Crippen LogP contribution in [-0.4, -0.2) is 74.2 Å². The molecule has 0 bridgehead atoms. The highest BCUT2D eigenvalue weighted by Crippen LogP contribution is 2.32. The maximum absolute atomic E-state index is 10.3. The van der Waals surface area contributed by atoms with Gasteiger partial charge in [0, 0.05) is 39.3 Å². The van der Waals surface area contributed by atoms with Gasteiger partial charge in [0.25, 0.3) is 0 Å². The highest BCUT2D eigenvalue weighted by Gasteiger charge is 2.21. The lowest BCUT2D eigenvalue weighted by atomic mass is 10.1. The zero-order chi connectivity index (χ0) is 20.1. The Hall–Kier alpha value is -2.19. The second-order valence-corrected chi connectivity index (χ2v) is 7.40. The predicted octanol–water partition coefficient (Wildman–Crippen LogP) is -1.01. The van der Waals surface area contributed by atoms with Crippen molar-refractivity contribution in [2.24, 2.45) is 0 Å². The number of ether oxygens (including phenoxy) is 4. The summed E-state index contributed by atoms with van der Waals surface area (Å²) in [5, 5.41) is 10.3. The van der Waals surface area contributed by atoms with Gasteiger partial charge < -0.3 is 36.5 Å². The molecule has 2 aliphatic heterocycles. The molecule has 1 saturated heterocycles. The Balaban J connectivity index is 0.00000256. The summed E-state index contributed by atoms with van der Waals surface area (Å²) in [5.41, 5.74) is 1.23. The first-order chi connectivity index (χ1) is 14.2. The Morgan fingerprint density at radius 3 is 2.33 bits per heavy atom. The van der Waals surface area contributed by atoms with Gasteiger partial charge in [-0.2, -0.15) is 0 Å². The SMILES string of the molecule is COc1ccc(OCC(O)CN2CCN(Cc3ccc4c(c3)OCO4)CC2)cc1.[Cl-]. The van der Waals surface area contributed by atoms with Crippen LogP contribution in [0.15, 0.2) is 42.5 Å². The van der Waals surface area contributed by atoms with Gasteiger partial charge in [0.15, 0.2) is 11.5 Å².